The lowest BCUT2D eigenvalue weighted by atomic mass is 9.89. The van der Waals surface area contributed by atoms with Crippen molar-refractivity contribution in [3.63, 3.8) is 0 Å². The molecule has 0 aromatic heterocycles. The smallest absolute Gasteiger partial charge is 0.312 e. The van der Waals surface area contributed by atoms with E-state index in [-0.39, 0.29) is 12.5 Å². The molecule has 5 heteroatoms. The van der Waals surface area contributed by atoms with Gasteiger partial charge in [-0.15, -0.1) is 0 Å². The molecule has 25 heavy (non-hydrogen) atoms. The Morgan fingerprint density at radius 1 is 1.20 bits per heavy atom. The van der Waals surface area contributed by atoms with Crippen LogP contribution >= 0.6 is 0 Å². The van der Waals surface area contributed by atoms with Crippen molar-refractivity contribution < 1.29 is 14.7 Å². The predicted molar refractivity (Wildman–Crippen MR) is 96.4 cm³/mol. The Balaban J connectivity index is 1.60. The van der Waals surface area contributed by atoms with Gasteiger partial charge in [0.2, 0.25) is 5.91 Å². The molecule has 0 spiro atoms. The van der Waals surface area contributed by atoms with Crippen LogP contribution in [0.1, 0.15) is 55.6 Å². The highest BCUT2D eigenvalue weighted by Crippen LogP contribution is 2.29. The van der Waals surface area contributed by atoms with Gasteiger partial charge in [0.05, 0.1) is 5.92 Å². The second-order valence-corrected chi connectivity index (χ2v) is 7.39. The first-order valence-electron chi connectivity index (χ1n) is 9.35. The van der Waals surface area contributed by atoms with Crippen molar-refractivity contribution in [3.8, 4) is 0 Å². The van der Waals surface area contributed by atoms with Crippen LogP contribution in [0.15, 0.2) is 24.3 Å². The van der Waals surface area contributed by atoms with Gasteiger partial charge in [0.1, 0.15) is 0 Å². The largest absolute Gasteiger partial charge is 0.481 e. The highest BCUT2D eigenvalue weighted by atomic mass is 16.4. The fourth-order valence-corrected chi connectivity index (χ4v) is 4.14. The number of carboxylic acid groups (broad SMARTS) is 1. The molecule has 1 fully saturated rings. The molecular weight excluding hydrogens is 316 g/mol. The second kappa shape index (κ2) is 8.00. The molecule has 1 aliphatic carbocycles. The molecule has 1 saturated carbocycles. The molecule has 1 aromatic rings. The van der Waals surface area contributed by atoms with Gasteiger partial charge >= 0.3 is 5.97 Å². The molecule has 0 radical (unpaired) electrons. The molecule has 136 valence electrons. The van der Waals surface area contributed by atoms with E-state index in [2.05, 4.69) is 11.9 Å². The van der Waals surface area contributed by atoms with Gasteiger partial charge in [-0.3, -0.25) is 9.59 Å². The molecule has 1 aromatic carbocycles. The highest BCUT2D eigenvalue weighted by Gasteiger charge is 2.32. The number of amides is 1. The van der Waals surface area contributed by atoms with Crippen molar-refractivity contribution in [2.45, 2.75) is 57.0 Å². The fourth-order valence-electron chi connectivity index (χ4n) is 4.14. The van der Waals surface area contributed by atoms with Gasteiger partial charge in [0, 0.05) is 32.1 Å². The summed E-state index contributed by atoms with van der Waals surface area (Å²) in [4.78, 5) is 28.3. The Bertz CT molecular complexity index is 625. The van der Waals surface area contributed by atoms with Gasteiger partial charge in [-0.1, -0.05) is 43.5 Å². The minimum absolute atomic E-state index is 0.0587. The van der Waals surface area contributed by atoms with Gasteiger partial charge in [-0.2, -0.15) is 0 Å². The maximum absolute atomic E-state index is 12.7. The first-order valence-corrected chi connectivity index (χ1v) is 9.35. The lowest BCUT2D eigenvalue weighted by molar-refractivity contribution is -0.141. The summed E-state index contributed by atoms with van der Waals surface area (Å²) in [5.41, 5.74) is 1.80. The van der Waals surface area contributed by atoms with Crippen molar-refractivity contribution in [1.82, 2.24) is 9.80 Å². The van der Waals surface area contributed by atoms with Crippen molar-refractivity contribution in [2.24, 2.45) is 0 Å². The van der Waals surface area contributed by atoms with Gasteiger partial charge in [-0.05, 0) is 31.0 Å². The summed E-state index contributed by atoms with van der Waals surface area (Å²) in [5.74, 6) is -1.42. The van der Waals surface area contributed by atoms with E-state index in [0.29, 0.717) is 19.0 Å². The summed E-state index contributed by atoms with van der Waals surface area (Å²) in [6.45, 7) is 1.55. The first kappa shape index (κ1) is 17.9. The topological polar surface area (TPSA) is 60.9 Å². The molecule has 1 N–H and O–H groups in total. The molecule has 5 nitrogen and oxygen atoms in total. The van der Waals surface area contributed by atoms with Crippen LogP contribution in [-0.2, 0) is 16.1 Å². The number of nitrogens with zero attached hydrogens (tertiary/aromatic N) is 2. The van der Waals surface area contributed by atoms with Crippen LogP contribution in [0.2, 0.25) is 0 Å². The lowest BCUT2D eigenvalue weighted by Crippen LogP contribution is -2.42. The number of hydrogen-bond acceptors (Lipinski definition) is 3. The standard InChI is InChI=1S/C20H28N2O3/c1-21(16-8-3-2-4-9-16)12-11-19(23)22-13-15-7-5-6-10-17(15)18(14-22)20(24)25/h5-7,10,16,18H,2-4,8-9,11-14H2,1H3,(H,24,25). The monoisotopic (exact) mass is 344 g/mol. The van der Waals surface area contributed by atoms with Crippen LogP contribution in [0, 0.1) is 0 Å². The molecule has 1 amide bonds. The Labute approximate surface area is 149 Å². The van der Waals surface area contributed by atoms with Crippen LogP contribution < -0.4 is 0 Å². The Kier molecular flexibility index (Phi) is 5.74. The molecule has 2 aliphatic rings. The van der Waals surface area contributed by atoms with E-state index in [4.69, 9.17) is 0 Å². The second-order valence-electron chi connectivity index (χ2n) is 7.39. The number of carbonyl (C=O) groups is 2. The number of rotatable bonds is 5. The quantitative estimate of drug-likeness (QED) is 0.892. The zero-order valence-corrected chi connectivity index (χ0v) is 15.0. The average molecular weight is 344 g/mol. The summed E-state index contributed by atoms with van der Waals surface area (Å²) < 4.78 is 0. The summed E-state index contributed by atoms with van der Waals surface area (Å²) in [5, 5.41) is 9.53. The number of carbonyl (C=O) groups excluding carboxylic acids is 1. The van der Waals surface area contributed by atoms with E-state index in [9.17, 15) is 14.7 Å². The normalized spacial score (nSPS) is 21.2. The number of benzene rings is 1. The number of carboxylic acids is 1. The summed E-state index contributed by atoms with van der Waals surface area (Å²) in [6, 6.07) is 8.16. The number of aliphatic carboxylic acids is 1. The van der Waals surface area contributed by atoms with Crippen molar-refractivity contribution in [2.75, 3.05) is 20.1 Å². The SMILES string of the molecule is CN(CCC(=O)N1Cc2ccccc2C(C(=O)O)C1)C1CCCCC1. The van der Waals surface area contributed by atoms with E-state index in [1.54, 1.807) is 4.90 Å². The Morgan fingerprint density at radius 2 is 1.92 bits per heavy atom. The predicted octanol–water partition coefficient (Wildman–Crippen LogP) is 2.85. The number of fused-ring (bicyclic) bond motifs is 1. The molecule has 0 saturated heterocycles. The maximum Gasteiger partial charge on any atom is 0.312 e. The molecule has 0 bridgehead atoms. The third-order valence-electron chi connectivity index (χ3n) is 5.72. The van der Waals surface area contributed by atoms with Crippen LogP contribution in [-0.4, -0.2) is 53.0 Å². The summed E-state index contributed by atoms with van der Waals surface area (Å²) in [7, 11) is 2.11. The van der Waals surface area contributed by atoms with E-state index in [1.807, 2.05) is 24.3 Å². The van der Waals surface area contributed by atoms with E-state index >= 15 is 0 Å². The van der Waals surface area contributed by atoms with Crippen molar-refractivity contribution in [3.05, 3.63) is 35.4 Å². The summed E-state index contributed by atoms with van der Waals surface area (Å²) >= 11 is 0. The summed E-state index contributed by atoms with van der Waals surface area (Å²) in [6.07, 6.45) is 6.80. The van der Waals surface area contributed by atoms with E-state index < -0.39 is 11.9 Å². The van der Waals surface area contributed by atoms with Gasteiger partial charge in [0.25, 0.3) is 0 Å². The number of hydrogen-bond donors (Lipinski definition) is 1. The van der Waals surface area contributed by atoms with E-state index in [1.165, 1.54) is 32.1 Å². The third-order valence-corrected chi connectivity index (χ3v) is 5.72. The minimum atomic E-state index is -0.857. The lowest BCUT2D eigenvalue weighted by Gasteiger charge is -2.34. The molecule has 1 atom stereocenters. The highest BCUT2D eigenvalue weighted by molar-refractivity contribution is 5.81. The van der Waals surface area contributed by atoms with Crippen LogP contribution in [0.3, 0.4) is 0 Å². The van der Waals surface area contributed by atoms with Crippen molar-refractivity contribution >= 4 is 11.9 Å². The molecule has 1 unspecified atom stereocenters. The van der Waals surface area contributed by atoms with E-state index in [0.717, 1.165) is 17.7 Å². The Morgan fingerprint density at radius 3 is 2.64 bits per heavy atom. The third kappa shape index (κ3) is 4.21. The minimum Gasteiger partial charge on any atom is -0.481 e. The van der Waals surface area contributed by atoms with Crippen LogP contribution in [0.5, 0.6) is 0 Å². The molecular formula is C20H28N2O3. The first-order chi connectivity index (χ1) is 12.1. The van der Waals surface area contributed by atoms with Crippen LogP contribution in [0.25, 0.3) is 0 Å². The van der Waals surface area contributed by atoms with Crippen LogP contribution in [0.4, 0.5) is 0 Å². The molecule has 1 heterocycles. The fraction of sp³-hybridized carbons (Fsp3) is 0.600. The van der Waals surface area contributed by atoms with Gasteiger partial charge < -0.3 is 14.9 Å². The molecule has 3 rings (SSSR count). The zero-order valence-electron chi connectivity index (χ0n) is 15.0. The van der Waals surface area contributed by atoms with Gasteiger partial charge in [0.15, 0.2) is 0 Å². The van der Waals surface area contributed by atoms with Crippen molar-refractivity contribution in [1.29, 1.82) is 0 Å². The average Bonchev–Trinajstić information content (AvgIpc) is 2.65. The van der Waals surface area contributed by atoms with Gasteiger partial charge in [-0.25, -0.2) is 0 Å². The molecule has 1 aliphatic heterocycles. The Hall–Kier alpha value is -1.88. The zero-order chi connectivity index (χ0) is 17.8. The maximum atomic E-state index is 12.7.